The Morgan fingerprint density at radius 1 is 1.07 bits per heavy atom. The molecule has 0 bridgehead atoms. The Morgan fingerprint density at radius 3 is 2.60 bits per heavy atom. The molecule has 0 spiro atoms. The number of aromatic nitrogens is 2. The molecule has 1 fully saturated rings. The van der Waals surface area contributed by atoms with Gasteiger partial charge in [0, 0.05) is 12.8 Å². The Kier molecular flexibility index (Phi) is 2.01. The second-order valence-corrected chi connectivity index (χ2v) is 3.73. The lowest BCUT2D eigenvalue weighted by molar-refractivity contribution is -0.645. The van der Waals surface area contributed by atoms with Crippen LogP contribution >= 0.6 is 0 Å². The molecular formula is C13H12N2+. The number of rotatable bonds is 1. The Balaban J connectivity index is 2.17. The fourth-order valence-electron chi connectivity index (χ4n) is 1.99. The molecule has 1 aliphatic rings. The van der Waals surface area contributed by atoms with E-state index in [-0.39, 0.29) is 0 Å². The molecule has 1 aromatic carbocycles. The van der Waals surface area contributed by atoms with Crippen LogP contribution in [-0.2, 0) is 7.05 Å². The first kappa shape index (κ1) is 8.96. The Hall–Kier alpha value is -1.31. The summed E-state index contributed by atoms with van der Waals surface area (Å²) in [5.74, 6) is 0. The van der Waals surface area contributed by atoms with Gasteiger partial charge < -0.3 is 0 Å². The van der Waals surface area contributed by atoms with Crippen LogP contribution in [0.3, 0.4) is 0 Å². The summed E-state index contributed by atoms with van der Waals surface area (Å²) in [5, 5.41) is 0. The maximum absolute atomic E-state index is 2.20. The number of benzene rings is 1. The summed E-state index contributed by atoms with van der Waals surface area (Å²) < 4.78 is 4.34. The summed E-state index contributed by atoms with van der Waals surface area (Å²) >= 11 is 0. The zero-order valence-corrected chi connectivity index (χ0v) is 8.59. The fourth-order valence-corrected chi connectivity index (χ4v) is 1.99. The first-order chi connectivity index (χ1) is 7.36. The molecule has 73 valence electrons. The van der Waals surface area contributed by atoms with E-state index in [0.29, 0.717) is 0 Å². The van der Waals surface area contributed by atoms with Gasteiger partial charge in [0.15, 0.2) is 17.1 Å². The van der Waals surface area contributed by atoms with Crippen LogP contribution in [0.4, 0.5) is 0 Å². The molecule has 0 unspecified atom stereocenters. The van der Waals surface area contributed by atoms with Crippen molar-refractivity contribution in [2.75, 3.05) is 0 Å². The third-order valence-electron chi connectivity index (χ3n) is 2.73. The van der Waals surface area contributed by atoms with Crippen LogP contribution in [0.25, 0.3) is 11.0 Å². The Labute approximate surface area is 90.1 Å². The summed E-state index contributed by atoms with van der Waals surface area (Å²) in [5.41, 5.74) is 2.49. The van der Waals surface area contributed by atoms with Gasteiger partial charge in [-0.15, -0.1) is 0 Å². The minimum atomic E-state index is 1.21. The van der Waals surface area contributed by atoms with E-state index in [1.807, 2.05) is 0 Å². The highest BCUT2D eigenvalue weighted by molar-refractivity contribution is 5.73. The summed E-state index contributed by atoms with van der Waals surface area (Å²) in [6, 6.07) is 9.63. The molecule has 1 heterocycles. The van der Waals surface area contributed by atoms with Gasteiger partial charge in [0.1, 0.15) is 0 Å². The van der Waals surface area contributed by atoms with E-state index in [9.17, 15) is 0 Å². The molecule has 2 aromatic rings. The summed E-state index contributed by atoms with van der Waals surface area (Å²) in [7, 11) is 2.07. The van der Waals surface area contributed by atoms with Gasteiger partial charge in [0.25, 0.3) is 0 Å². The Morgan fingerprint density at radius 2 is 1.80 bits per heavy atom. The van der Waals surface area contributed by atoms with E-state index in [1.165, 1.54) is 17.1 Å². The van der Waals surface area contributed by atoms with Crippen molar-refractivity contribution in [1.82, 2.24) is 4.57 Å². The molecule has 15 heavy (non-hydrogen) atoms. The van der Waals surface area contributed by atoms with Crippen molar-refractivity contribution in [2.45, 2.75) is 0 Å². The van der Waals surface area contributed by atoms with Crippen LogP contribution in [0.5, 0.6) is 0 Å². The standard InChI is InChI=1S/C13H12N2/c1-14-10-15(11-6-2-3-7-11)13-9-5-4-8-12(13)14/h2-10H,1H3/q+1. The topological polar surface area (TPSA) is 8.81 Å². The number of aryl methyl sites for hydroxylation is 1. The van der Waals surface area contributed by atoms with E-state index in [1.54, 1.807) is 0 Å². The monoisotopic (exact) mass is 196 g/mol. The summed E-state index contributed by atoms with van der Waals surface area (Å²) in [6.07, 6.45) is 10.5. The highest BCUT2D eigenvalue weighted by atomic mass is 15.1. The average molecular weight is 196 g/mol. The molecular weight excluding hydrogens is 184 g/mol. The molecule has 0 saturated heterocycles. The van der Waals surface area contributed by atoms with Crippen LogP contribution in [0.2, 0.25) is 0 Å². The van der Waals surface area contributed by atoms with Crippen molar-refractivity contribution in [3.63, 3.8) is 0 Å². The molecule has 5 radical (unpaired) electrons. The van der Waals surface area contributed by atoms with E-state index < -0.39 is 0 Å². The van der Waals surface area contributed by atoms with Crippen LogP contribution in [-0.4, -0.2) is 4.57 Å². The number of hydrogen-bond donors (Lipinski definition) is 0. The smallest absolute Gasteiger partial charge is 0.233 e. The van der Waals surface area contributed by atoms with Crippen molar-refractivity contribution >= 4 is 11.0 Å². The van der Waals surface area contributed by atoms with Gasteiger partial charge >= 0.3 is 0 Å². The second-order valence-electron chi connectivity index (χ2n) is 3.73. The normalized spacial score (nSPS) is 17.7. The zero-order chi connectivity index (χ0) is 10.3. The van der Waals surface area contributed by atoms with E-state index in [4.69, 9.17) is 0 Å². The molecule has 2 heteroatoms. The van der Waals surface area contributed by atoms with E-state index in [0.717, 1.165) is 0 Å². The lowest BCUT2D eigenvalue weighted by Gasteiger charge is -2.01. The van der Waals surface area contributed by atoms with Crippen LogP contribution in [0, 0.1) is 31.7 Å². The lowest BCUT2D eigenvalue weighted by atomic mass is 10.2. The van der Waals surface area contributed by atoms with E-state index in [2.05, 4.69) is 72.5 Å². The second kappa shape index (κ2) is 3.37. The molecule has 1 aromatic heterocycles. The van der Waals surface area contributed by atoms with Crippen LogP contribution in [0.15, 0.2) is 30.6 Å². The minimum Gasteiger partial charge on any atom is -0.233 e. The number of fused-ring (bicyclic) bond motifs is 1. The van der Waals surface area contributed by atoms with E-state index >= 15 is 0 Å². The van der Waals surface area contributed by atoms with Crippen molar-refractivity contribution in [3.8, 4) is 0 Å². The molecule has 0 amide bonds. The minimum absolute atomic E-state index is 1.21. The van der Waals surface area contributed by atoms with Gasteiger partial charge in [-0.1, -0.05) is 12.1 Å². The number of hydrogen-bond acceptors (Lipinski definition) is 0. The molecule has 3 rings (SSSR count). The van der Waals surface area contributed by atoms with Gasteiger partial charge in [-0.3, -0.25) is 0 Å². The maximum Gasteiger partial charge on any atom is 0.245 e. The van der Waals surface area contributed by atoms with Gasteiger partial charge in [-0.2, -0.15) is 0 Å². The highest BCUT2D eigenvalue weighted by Crippen LogP contribution is 2.27. The van der Waals surface area contributed by atoms with Gasteiger partial charge in [-0.25, -0.2) is 9.13 Å². The number of nitrogens with zero attached hydrogens (tertiary/aromatic N) is 2. The predicted molar refractivity (Wildman–Crippen MR) is 59.0 cm³/mol. The predicted octanol–water partition coefficient (Wildman–Crippen LogP) is 1.68. The van der Waals surface area contributed by atoms with Crippen molar-refractivity contribution in [3.05, 3.63) is 62.3 Å². The third kappa shape index (κ3) is 1.36. The van der Waals surface area contributed by atoms with Crippen molar-refractivity contribution in [1.29, 1.82) is 0 Å². The van der Waals surface area contributed by atoms with Crippen molar-refractivity contribution < 1.29 is 4.57 Å². The van der Waals surface area contributed by atoms with Gasteiger partial charge in [-0.05, 0) is 25.0 Å². The summed E-state index contributed by atoms with van der Waals surface area (Å²) in [4.78, 5) is 0. The SMILES string of the molecule is C[n+]1cn([C]2[CH][CH][CH][CH]2)c2ccccc21. The zero-order valence-electron chi connectivity index (χ0n) is 8.59. The molecule has 2 nitrogen and oxygen atoms in total. The van der Waals surface area contributed by atoms with Crippen LogP contribution in [0.1, 0.15) is 0 Å². The number of para-hydroxylation sites is 2. The van der Waals surface area contributed by atoms with Gasteiger partial charge in [0.2, 0.25) is 6.33 Å². The average Bonchev–Trinajstić information content (AvgIpc) is 2.87. The van der Waals surface area contributed by atoms with Crippen LogP contribution < -0.4 is 4.57 Å². The first-order valence-corrected chi connectivity index (χ1v) is 5.04. The quantitative estimate of drug-likeness (QED) is 0.614. The number of imidazole rings is 1. The molecule has 0 N–H and O–H groups in total. The lowest BCUT2D eigenvalue weighted by Crippen LogP contribution is -2.25. The molecule has 0 aliphatic heterocycles. The Bertz CT molecular complexity index is 478. The van der Waals surface area contributed by atoms with Gasteiger partial charge in [0.05, 0.1) is 7.05 Å². The molecule has 0 atom stereocenters. The largest absolute Gasteiger partial charge is 0.245 e. The maximum atomic E-state index is 2.20. The molecule has 1 saturated carbocycles. The highest BCUT2D eigenvalue weighted by Gasteiger charge is 2.27. The first-order valence-electron chi connectivity index (χ1n) is 5.04. The fraction of sp³-hybridized carbons (Fsp3) is 0.0769. The molecule has 1 aliphatic carbocycles. The summed E-state index contributed by atoms with van der Waals surface area (Å²) in [6.45, 7) is 0. The van der Waals surface area contributed by atoms with Crippen molar-refractivity contribution in [2.24, 2.45) is 7.05 Å². The third-order valence-corrected chi connectivity index (χ3v) is 2.73.